The van der Waals surface area contributed by atoms with Gasteiger partial charge in [0, 0.05) is 18.8 Å². The highest BCUT2D eigenvalue weighted by molar-refractivity contribution is 5.46. The van der Waals surface area contributed by atoms with Gasteiger partial charge in [0.25, 0.3) is 0 Å². The number of anilines is 1. The molecule has 0 atom stereocenters. The second-order valence-corrected chi connectivity index (χ2v) is 5.32. The Morgan fingerprint density at radius 1 is 1.11 bits per heavy atom. The second-order valence-electron chi connectivity index (χ2n) is 5.32. The molecule has 0 saturated heterocycles. The molecule has 1 fully saturated rings. The molecule has 2 rings (SSSR count). The van der Waals surface area contributed by atoms with Gasteiger partial charge in [0.05, 0.1) is 6.61 Å². The maximum absolute atomic E-state index is 5.18. The summed E-state index contributed by atoms with van der Waals surface area (Å²) >= 11 is 0. The lowest BCUT2D eigenvalue weighted by molar-refractivity contribution is 0.185. The Morgan fingerprint density at radius 3 is 2.56 bits per heavy atom. The molecule has 0 radical (unpaired) electrons. The Bertz CT molecular complexity index is 343. The van der Waals surface area contributed by atoms with Gasteiger partial charge in [-0.25, -0.2) is 0 Å². The first-order valence-corrected chi connectivity index (χ1v) is 7.23. The highest BCUT2D eigenvalue weighted by atomic mass is 16.5. The van der Waals surface area contributed by atoms with Gasteiger partial charge in [-0.05, 0) is 30.5 Å². The molecule has 1 aromatic carbocycles. The van der Waals surface area contributed by atoms with E-state index in [1.165, 1.54) is 56.2 Å². The molecular weight excluding hydrogens is 222 g/mol. The Kier molecular flexibility index (Phi) is 5.53. The van der Waals surface area contributed by atoms with Gasteiger partial charge in [0.15, 0.2) is 0 Å². The zero-order valence-electron chi connectivity index (χ0n) is 11.5. The molecule has 0 bridgehead atoms. The van der Waals surface area contributed by atoms with Crippen LogP contribution in [0.15, 0.2) is 24.3 Å². The van der Waals surface area contributed by atoms with E-state index in [0.717, 1.165) is 0 Å². The van der Waals surface area contributed by atoms with Crippen molar-refractivity contribution in [1.29, 1.82) is 0 Å². The van der Waals surface area contributed by atoms with Gasteiger partial charge in [-0.2, -0.15) is 0 Å². The van der Waals surface area contributed by atoms with E-state index < -0.39 is 0 Å². The minimum absolute atomic E-state index is 0.656. The Hall–Kier alpha value is -1.02. The summed E-state index contributed by atoms with van der Waals surface area (Å²) in [7, 11) is 1.74. The lowest BCUT2D eigenvalue weighted by Gasteiger charge is -2.22. The third kappa shape index (κ3) is 4.34. The van der Waals surface area contributed by atoms with Gasteiger partial charge >= 0.3 is 0 Å². The molecule has 2 nitrogen and oxygen atoms in total. The summed E-state index contributed by atoms with van der Waals surface area (Å²) in [5.41, 5.74) is 2.49. The van der Waals surface area contributed by atoms with Gasteiger partial charge in [-0.3, -0.25) is 0 Å². The van der Waals surface area contributed by atoms with Crippen LogP contribution in [-0.4, -0.2) is 13.2 Å². The standard InChI is InChI=1S/C16H25NO/c1-18-13-14-8-7-11-16(12-14)17-15-9-5-3-2-4-6-10-15/h7-8,11-12,15,17H,2-6,9-10,13H2,1H3. The van der Waals surface area contributed by atoms with Crippen molar-refractivity contribution in [2.75, 3.05) is 12.4 Å². The Balaban J connectivity index is 1.92. The number of hydrogen-bond acceptors (Lipinski definition) is 2. The Morgan fingerprint density at radius 2 is 1.83 bits per heavy atom. The van der Waals surface area contributed by atoms with Crippen LogP contribution in [0.5, 0.6) is 0 Å². The van der Waals surface area contributed by atoms with E-state index in [1.807, 2.05) is 0 Å². The van der Waals surface area contributed by atoms with Crippen molar-refractivity contribution in [2.45, 2.75) is 57.6 Å². The first kappa shape index (κ1) is 13.4. The molecular formula is C16H25NO. The molecule has 0 spiro atoms. The molecule has 1 N–H and O–H groups in total. The fourth-order valence-corrected chi connectivity index (χ4v) is 2.75. The van der Waals surface area contributed by atoms with E-state index in [0.29, 0.717) is 12.6 Å². The smallest absolute Gasteiger partial charge is 0.0713 e. The molecule has 0 amide bonds. The van der Waals surface area contributed by atoms with Crippen molar-refractivity contribution in [3.8, 4) is 0 Å². The molecule has 0 heterocycles. The van der Waals surface area contributed by atoms with Crippen molar-refractivity contribution in [1.82, 2.24) is 0 Å². The van der Waals surface area contributed by atoms with Gasteiger partial charge in [-0.1, -0.05) is 44.2 Å². The van der Waals surface area contributed by atoms with Crippen LogP contribution >= 0.6 is 0 Å². The van der Waals surface area contributed by atoms with E-state index in [-0.39, 0.29) is 0 Å². The molecule has 1 saturated carbocycles. The van der Waals surface area contributed by atoms with Crippen molar-refractivity contribution in [3.63, 3.8) is 0 Å². The summed E-state index contributed by atoms with van der Waals surface area (Å²) in [4.78, 5) is 0. The minimum atomic E-state index is 0.656. The van der Waals surface area contributed by atoms with Crippen molar-refractivity contribution >= 4 is 5.69 Å². The zero-order chi connectivity index (χ0) is 12.6. The van der Waals surface area contributed by atoms with E-state index in [2.05, 4.69) is 29.6 Å². The Labute approximate surface area is 111 Å². The van der Waals surface area contributed by atoms with Gasteiger partial charge < -0.3 is 10.1 Å². The first-order chi connectivity index (χ1) is 8.88. The second kappa shape index (κ2) is 7.42. The van der Waals surface area contributed by atoms with E-state index in [9.17, 15) is 0 Å². The number of methoxy groups -OCH3 is 1. The van der Waals surface area contributed by atoms with Crippen LogP contribution < -0.4 is 5.32 Å². The third-order valence-electron chi connectivity index (χ3n) is 3.71. The summed E-state index contributed by atoms with van der Waals surface area (Å²) < 4.78 is 5.18. The summed E-state index contributed by atoms with van der Waals surface area (Å²) in [6.45, 7) is 0.695. The van der Waals surface area contributed by atoms with Crippen LogP contribution in [0.3, 0.4) is 0 Å². The minimum Gasteiger partial charge on any atom is -0.382 e. The molecule has 1 aliphatic carbocycles. The number of rotatable bonds is 4. The summed E-state index contributed by atoms with van der Waals surface area (Å²) in [5, 5.41) is 3.69. The van der Waals surface area contributed by atoms with E-state index in [1.54, 1.807) is 7.11 Å². The summed E-state index contributed by atoms with van der Waals surface area (Å²) in [6.07, 6.45) is 9.60. The molecule has 100 valence electrons. The van der Waals surface area contributed by atoms with Crippen molar-refractivity contribution in [3.05, 3.63) is 29.8 Å². The average Bonchev–Trinajstić information content (AvgIpc) is 2.33. The normalized spacial score (nSPS) is 18.1. The highest BCUT2D eigenvalue weighted by Gasteiger charge is 2.10. The third-order valence-corrected chi connectivity index (χ3v) is 3.71. The van der Waals surface area contributed by atoms with Crippen LogP contribution in [0, 0.1) is 0 Å². The van der Waals surface area contributed by atoms with Crippen molar-refractivity contribution < 1.29 is 4.74 Å². The largest absolute Gasteiger partial charge is 0.382 e. The van der Waals surface area contributed by atoms with Crippen LogP contribution in [0.25, 0.3) is 0 Å². The SMILES string of the molecule is COCc1cccc(NC2CCCCCCC2)c1. The van der Waals surface area contributed by atoms with Gasteiger partial charge in [-0.15, -0.1) is 0 Å². The molecule has 0 aliphatic heterocycles. The molecule has 2 heteroatoms. The molecule has 18 heavy (non-hydrogen) atoms. The van der Waals surface area contributed by atoms with Crippen LogP contribution in [0.2, 0.25) is 0 Å². The summed E-state index contributed by atoms with van der Waals surface area (Å²) in [5.74, 6) is 0. The zero-order valence-corrected chi connectivity index (χ0v) is 11.5. The maximum Gasteiger partial charge on any atom is 0.0713 e. The number of hydrogen-bond donors (Lipinski definition) is 1. The highest BCUT2D eigenvalue weighted by Crippen LogP contribution is 2.21. The average molecular weight is 247 g/mol. The van der Waals surface area contributed by atoms with Crippen molar-refractivity contribution in [2.24, 2.45) is 0 Å². The lowest BCUT2D eigenvalue weighted by Crippen LogP contribution is -2.20. The van der Waals surface area contributed by atoms with Gasteiger partial charge in [0.2, 0.25) is 0 Å². The molecule has 0 aromatic heterocycles. The number of benzene rings is 1. The van der Waals surface area contributed by atoms with Crippen LogP contribution in [-0.2, 0) is 11.3 Å². The topological polar surface area (TPSA) is 21.3 Å². The fraction of sp³-hybridized carbons (Fsp3) is 0.625. The predicted octanol–water partition coefficient (Wildman–Crippen LogP) is 4.36. The molecule has 1 aliphatic rings. The van der Waals surface area contributed by atoms with E-state index >= 15 is 0 Å². The number of nitrogens with one attached hydrogen (secondary N) is 1. The van der Waals surface area contributed by atoms with E-state index in [4.69, 9.17) is 4.74 Å². The molecule has 1 aromatic rings. The van der Waals surface area contributed by atoms with Crippen LogP contribution in [0.4, 0.5) is 5.69 Å². The summed E-state index contributed by atoms with van der Waals surface area (Å²) in [6, 6.07) is 9.26. The predicted molar refractivity (Wildman–Crippen MR) is 76.9 cm³/mol. The quantitative estimate of drug-likeness (QED) is 0.853. The molecule has 0 unspecified atom stereocenters. The van der Waals surface area contributed by atoms with Crippen LogP contribution in [0.1, 0.15) is 50.5 Å². The van der Waals surface area contributed by atoms with Gasteiger partial charge in [0.1, 0.15) is 0 Å². The first-order valence-electron chi connectivity index (χ1n) is 7.23. The maximum atomic E-state index is 5.18. The number of ether oxygens (including phenoxy) is 1. The lowest BCUT2D eigenvalue weighted by atomic mass is 9.96. The fourth-order valence-electron chi connectivity index (χ4n) is 2.75. The monoisotopic (exact) mass is 247 g/mol.